The van der Waals surface area contributed by atoms with Crippen molar-refractivity contribution in [2.75, 3.05) is 13.2 Å². The fourth-order valence-electron chi connectivity index (χ4n) is 1.33. The second-order valence-electron chi connectivity index (χ2n) is 3.65. The SMILES string of the molecule is CCNC(CC)C(C)OCC(F)(F)C(F)F. The van der Waals surface area contributed by atoms with E-state index in [2.05, 4.69) is 5.32 Å². The van der Waals surface area contributed by atoms with Crippen molar-refractivity contribution in [3.05, 3.63) is 0 Å². The van der Waals surface area contributed by atoms with E-state index in [9.17, 15) is 17.6 Å². The smallest absolute Gasteiger partial charge is 0.330 e. The van der Waals surface area contributed by atoms with E-state index >= 15 is 0 Å². The van der Waals surface area contributed by atoms with Crippen molar-refractivity contribution < 1.29 is 22.3 Å². The van der Waals surface area contributed by atoms with Crippen LogP contribution in [-0.4, -0.2) is 37.6 Å². The van der Waals surface area contributed by atoms with E-state index in [4.69, 9.17) is 4.74 Å². The Morgan fingerprint density at radius 1 is 1.25 bits per heavy atom. The van der Waals surface area contributed by atoms with Gasteiger partial charge in [-0.3, -0.25) is 0 Å². The Morgan fingerprint density at radius 3 is 2.19 bits per heavy atom. The third-order valence-corrected chi connectivity index (χ3v) is 2.33. The Morgan fingerprint density at radius 2 is 1.81 bits per heavy atom. The topological polar surface area (TPSA) is 21.3 Å². The number of hydrogen-bond donors (Lipinski definition) is 1. The second-order valence-corrected chi connectivity index (χ2v) is 3.65. The van der Waals surface area contributed by atoms with Gasteiger partial charge in [0.1, 0.15) is 6.61 Å². The fraction of sp³-hybridized carbons (Fsp3) is 1.00. The molecule has 0 aliphatic rings. The molecule has 2 atom stereocenters. The van der Waals surface area contributed by atoms with Crippen molar-refractivity contribution in [1.29, 1.82) is 0 Å². The third kappa shape index (κ3) is 5.12. The number of ether oxygens (including phenoxy) is 1. The predicted molar refractivity (Wildman–Crippen MR) is 54.1 cm³/mol. The van der Waals surface area contributed by atoms with Gasteiger partial charge in [0.15, 0.2) is 0 Å². The molecule has 0 saturated carbocycles. The van der Waals surface area contributed by atoms with Crippen LogP contribution in [0, 0.1) is 0 Å². The summed E-state index contributed by atoms with van der Waals surface area (Å²) in [6, 6.07) is -0.0986. The average Bonchev–Trinajstić information content (AvgIpc) is 2.22. The number of nitrogens with one attached hydrogen (secondary N) is 1. The number of hydrogen-bond acceptors (Lipinski definition) is 2. The quantitative estimate of drug-likeness (QED) is 0.664. The fourth-order valence-corrected chi connectivity index (χ4v) is 1.33. The summed E-state index contributed by atoms with van der Waals surface area (Å²) in [5, 5.41) is 3.04. The first-order chi connectivity index (χ1) is 7.35. The van der Waals surface area contributed by atoms with E-state index in [1.807, 2.05) is 13.8 Å². The van der Waals surface area contributed by atoms with Crippen molar-refractivity contribution in [2.45, 2.75) is 51.7 Å². The lowest BCUT2D eigenvalue weighted by atomic mass is 10.1. The Labute approximate surface area is 93.3 Å². The first-order valence-corrected chi connectivity index (χ1v) is 5.36. The van der Waals surface area contributed by atoms with Gasteiger partial charge in [0, 0.05) is 6.04 Å². The Balaban J connectivity index is 4.08. The van der Waals surface area contributed by atoms with E-state index in [1.165, 1.54) is 0 Å². The molecule has 0 radical (unpaired) electrons. The van der Waals surface area contributed by atoms with Crippen LogP contribution in [0.1, 0.15) is 27.2 Å². The minimum absolute atomic E-state index is 0.0986. The summed E-state index contributed by atoms with van der Waals surface area (Å²) in [5.41, 5.74) is 0. The van der Waals surface area contributed by atoms with E-state index < -0.39 is 25.1 Å². The number of rotatable bonds is 8. The highest BCUT2D eigenvalue weighted by Gasteiger charge is 2.41. The van der Waals surface area contributed by atoms with Crippen LogP contribution in [0.25, 0.3) is 0 Å². The molecule has 0 aromatic rings. The van der Waals surface area contributed by atoms with Crippen LogP contribution >= 0.6 is 0 Å². The second kappa shape index (κ2) is 7.06. The van der Waals surface area contributed by atoms with Gasteiger partial charge in [-0.05, 0) is 19.9 Å². The van der Waals surface area contributed by atoms with Crippen LogP contribution in [0.5, 0.6) is 0 Å². The summed E-state index contributed by atoms with van der Waals surface area (Å²) >= 11 is 0. The molecule has 0 bridgehead atoms. The maximum absolute atomic E-state index is 12.6. The van der Waals surface area contributed by atoms with Gasteiger partial charge in [0.05, 0.1) is 6.10 Å². The van der Waals surface area contributed by atoms with Crippen molar-refractivity contribution in [3.63, 3.8) is 0 Å². The maximum atomic E-state index is 12.6. The van der Waals surface area contributed by atoms with Gasteiger partial charge in [-0.25, -0.2) is 8.78 Å². The Kier molecular flexibility index (Phi) is 6.90. The van der Waals surface area contributed by atoms with E-state index in [0.29, 0.717) is 13.0 Å². The molecule has 1 N–H and O–H groups in total. The predicted octanol–water partition coefficient (Wildman–Crippen LogP) is 2.68. The van der Waals surface area contributed by atoms with Crippen LogP contribution in [0.15, 0.2) is 0 Å². The van der Waals surface area contributed by atoms with Gasteiger partial charge < -0.3 is 10.1 Å². The molecule has 0 aliphatic carbocycles. The molecule has 2 unspecified atom stereocenters. The molecule has 2 nitrogen and oxygen atoms in total. The lowest BCUT2D eigenvalue weighted by Gasteiger charge is -2.25. The molecule has 0 amide bonds. The van der Waals surface area contributed by atoms with Gasteiger partial charge in [-0.2, -0.15) is 8.78 Å². The highest BCUT2D eigenvalue weighted by Crippen LogP contribution is 2.23. The minimum atomic E-state index is -4.07. The van der Waals surface area contributed by atoms with Crippen LogP contribution < -0.4 is 5.32 Å². The molecular formula is C10H19F4NO. The minimum Gasteiger partial charge on any atom is -0.370 e. The van der Waals surface area contributed by atoms with E-state index in [1.54, 1.807) is 6.92 Å². The zero-order valence-corrected chi connectivity index (χ0v) is 9.77. The normalized spacial score (nSPS) is 16.5. The maximum Gasteiger partial charge on any atom is 0.330 e. The van der Waals surface area contributed by atoms with Gasteiger partial charge in [0.2, 0.25) is 0 Å². The Hall–Kier alpha value is -0.360. The van der Waals surface area contributed by atoms with Gasteiger partial charge in [-0.1, -0.05) is 13.8 Å². The number of alkyl halides is 4. The highest BCUT2D eigenvalue weighted by molar-refractivity contribution is 4.74. The summed E-state index contributed by atoms with van der Waals surface area (Å²) in [7, 11) is 0. The third-order valence-electron chi connectivity index (χ3n) is 2.33. The summed E-state index contributed by atoms with van der Waals surface area (Å²) in [4.78, 5) is 0. The zero-order chi connectivity index (χ0) is 12.8. The molecule has 0 spiro atoms. The highest BCUT2D eigenvalue weighted by atomic mass is 19.3. The molecule has 0 saturated heterocycles. The van der Waals surface area contributed by atoms with Crippen LogP contribution in [-0.2, 0) is 4.74 Å². The first kappa shape index (κ1) is 15.6. The van der Waals surface area contributed by atoms with Crippen LogP contribution in [0.2, 0.25) is 0 Å². The molecule has 0 aromatic carbocycles. The molecule has 6 heteroatoms. The summed E-state index contributed by atoms with van der Waals surface area (Å²) in [5.74, 6) is -4.07. The summed E-state index contributed by atoms with van der Waals surface area (Å²) < 4.78 is 53.6. The van der Waals surface area contributed by atoms with Crippen LogP contribution in [0.3, 0.4) is 0 Å². The van der Waals surface area contributed by atoms with Crippen molar-refractivity contribution in [1.82, 2.24) is 5.32 Å². The average molecular weight is 245 g/mol. The molecule has 16 heavy (non-hydrogen) atoms. The number of halogens is 4. The monoisotopic (exact) mass is 245 g/mol. The lowest BCUT2D eigenvalue weighted by Crippen LogP contribution is -2.42. The number of likely N-dealkylation sites (N-methyl/N-ethyl adjacent to an activating group) is 1. The lowest BCUT2D eigenvalue weighted by molar-refractivity contribution is -0.176. The molecule has 98 valence electrons. The summed E-state index contributed by atoms with van der Waals surface area (Å²) in [6.07, 6.45) is -3.51. The van der Waals surface area contributed by atoms with E-state index in [-0.39, 0.29) is 6.04 Å². The molecule has 0 fully saturated rings. The largest absolute Gasteiger partial charge is 0.370 e. The van der Waals surface area contributed by atoms with Crippen molar-refractivity contribution >= 4 is 0 Å². The molecular weight excluding hydrogens is 226 g/mol. The zero-order valence-electron chi connectivity index (χ0n) is 9.77. The van der Waals surface area contributed by atoms with Crippen LogP contribution in [0.4, 0.5) is 17.6 Å². The van der Waals surface area contributed by atoms with Crippen molar-refractivity contribution in [3.8, 4) is 0 Å². The van der Waals surface area contributed by atoms with Gasteiger partial charge in [-0.15, -0.1) is 0 Å². The molecule has 0 heterocycles. The van der Waals surface area contributed by atoms with Gasteiger partial charge >= 0.3 is 12.3 Å². The molecule has 0 aliphatic heterocycles. The van der Waals surface area contributed by atoms with Gasteiger partial charge in [0.25, 0.3) is 0 Å². The standard InChI is InChI=1S/C10H19F4NO/c1-4-8(15-5-2)7(3)16-6-10(13,14)9(11)12/h7-9,15H,4-6H2,1-3H3. The van der Waals surface area contributed by atoms with Crippen molar-refractivity contribution in [2.24, 2.45) is 0 Å². The first-order valence-electron chi connectivity index (χ1n) is 5.36. The summed E-state index contributed by atoms with van der Waals surface area (Å²) in [6.45, 7) is 4.78. The van der Waals surface area contributed by atoms with E-state index in [0.717, 1.165) is 0 Å². The Bertz CT molecular complexity index is 190. The molecule has 0 rings (SSSR count). The molecule has 0 aromatic heterocycles.